The zero-order chi connectivity index (χ0) is 7.98. The first-order chi connectivity index (χ1) is 4.66. The van der Waals surface area contributed by atoms with E-state index in [4.69, 9.17) is 5.11 Å². The summed E-state index contributed by atoms with van der Waals surface area (Å²) in [6.07, 6.45) is -0.146. The van der Waals surface area contributed by atoms with E-state index in [1.807, 2.05) is 0 Å². The number of hydrogen-bond acceptors (Lipinski definition) is 2. The molecule has 60 valence electrons. The van der Waals surface area contributed by atoms with Crippen LogP contribution in [0.2, 0.25) is 0 Å². The maximum Gasteiger partial charge on any atom is 0.304 e. The Kier molecular flexibility index (Phi) is 5.10. The van der Waals surface area contributed by atoms with Crippen molar-refractivity contribution in [2.24, 2.45) is 0 Å². The van der Waals surface area contributed by atoms with Gasteiger partial charge in [0, 0.05) is 16.6 Å². The molecule has 3 nitrogen and oxygen atoms in total. The number of halogens is 1. The number of rotatable bonds is 5. The van der Waals surface area contributed by atoms with Gasteiger partial charge in [-0.05, 0) is 0 Å². The van der Waals surface area contributed by atoms with Crippen LogP contribution in [-0.4, -0.2) is 33.5 Å². The number of carboxylic acids is 1. The third kappa shape index (κ3) is 5.68. The normalized spacial score (nSPS) is 12.9. The third-order valence-electron chi connectivity index (χ3n) is 0.848. The van der Waals surface area contributed by atoms with Gasteiger partial charge in [0.15, 0.2) is 0 Å². The Hall–Kier alpha value is -0.450. The molecule has 0 aliphatic heterocycles. The lowest BCUT2D eigenvalue weighted by atomic mass is 10.5. The SMILES string of the molecule is O=C(O)CCS(=O)CCF. The zero-order valence-corrected chi connectivity index (χ0v) is 6.19. The van der Waals surface area contributed by atoms with E-state index < -0.39 is 23.4 Å². The first-order valence-electron chi connectivity index (χ1n) is 2.79. The van der Waals surface area contributed by atoms with Gasteiger partial charge in [-0.2, -0.15) is 0 Å². The van der Waals surface area contributed by atoms with Gasteiger partial charge in [0.1, 0.15) is 6.67 Å². The van der Waals surface area contributed by atoms with E-state index in [-0.39, 0.29) is 17.9 Å². The van der Waals surface area contributed by atoms with E-state index in [9.17, 15) is 13.4 Å². The molecule has 0 saturated carbocycles. The molecule has 0 aromatic rings. The van der Waals surface area contributed by atoms with Crippen LogP contribution >= 0.6 is 0 Å². The molecule has 0 aliphatic carbocycles. The van der Waals surface area contributed by atoms with Crippen molar-refractivity contribution in [1.29, 1.82) is 0 Å². The van der Waals surface area contributed by atoms with Crippen molar-refractivity contribution in [1.82, 2.24) is 0 Å². The Balaban J connectivity index is 3.30. The summed E-state index contributed by atoms with van der Waals surface area (Å²) in [5.41, 5.74) is 0. The van der Waals surface area contributed by atoms with Gasteiger partial charge in [0.25, 0.3) is 0 Å². The van der Waals surface area contributed by atoms with Gasteiger partial charge in [-0.25, -0.2) is 0 Å². The predicted molar refractivity (Wildman–Crippen MR) is 36.1 cm³/mol. The highest BCUT2D eigenvalue weighted by atomic mass is 32.2. The average molecular weight is 168 g/mol. The molecule has 10 heavy (non-hydrogen) atoms. The van der Waals surface area contributed by atoms with Gasteiger partial charge in [0.05, 0.1) is 12.2 Å². The van der Waals surface area contributed by atoms with Crippen LogP contribution < -0.4 is 0 Å². The van der Waals surface area contributed by atoms with E-state index in [1.165, 1.54) is 0 Å². The van der Waals surface area contributed by atoms with E-state index in [0.717, 1.165) is 0 Å². The van der Waals surface area contributed by atoms with E-state index in [1.54, 1.807) is 0 Å². The van der Waals surface area contributed by atoms with Gasteiger partial charge in [-0.1, -0.05) is 0 Å². The van der Waals surface area contributed by atoms with E-state index in [2.05, 4.69) is 0 Å². The highest BCUT2D eigenvalue weighted by molar-refractivity contribution is 7.85. The van der Waals surface area contributed by atoms with Crippen LogP contribution in [0, 0.1) is 0 Å². The molecule has 5 heteroatoms. The fraction of sp³-hybridized carbons (Fsp3) is 0.800. The number of carboxylic acid groups (broad SMARTS) is 1. The fourth-order valence-electron chi connectivity index (χ4n) is 0.389. The molecule has 0 bridgehead atoms. The number of aliphatic carboxylic acids is 1. The molecule has 0 aromatic carbocycles. The lowest BCUT2D eigenvalue weighted by Crippen LogP contribution is -2.08. The quantitative estimate of drug-likeness (QED) is 0.637. The summed E-state index contributed by atoms with van der Waals surface area (Å²) < 4.78 is 22.0. The molecule has 0 rings (SSSR count). The zero-order valence-electron chi connectivity index (χ0n) is 5.38. The van der Waals surface area contributed by atoms with Gasteiger partial charge in [0.2, 0.25) is 0 Å². The molecular weight excluding hydrogens is 159 g/mol. The molecule has 1 atom stereocenters. The van der Waals surface area contributed by atoms with Crippen LogP contribution in [0.1, 0.15) is 6.42 Å². The third-order valence-corrected chi connectivity index (χ3v) is 2.12. The highest BCUT2D eigenvalue weighted by Gasteiger charge is 2.02. The number of hydrogen-bond donors (Lipinski definition) is 1. The van der Waals surface area contributed by atoms with Gasteiger partial charge < -0.3 is 5.11 Å². The van der Waals surface area contributed by atoms with Crippen molar-refractivity contribution in [3.8, 4) is 0 Å². The maximum absolute atomic E-state index is 11.4. The minimum Gasteiger partial charge on any atom is -0.481 e. The summed E-state index contributed by atoms with van der Waals surface area (Å²) in [5.74, 6) is -0.987. The average Bonchev–Trinajstić information content (AvgIpc) is 1.85. The molecule has 0 aliphatic rings. The van der Waals surface area contributed by atoms with Crippen LogP contribution in [0.3, 0.4) is 0 Å². The summed E-state index contributed by atoms with van der Waals surface area (Å²) in [5, 5.41) is 8.10. The van der Waals surface area contributed by atoms with Crippen molar-refractivity contribution < 1.29 is 18.5 Å². The molecule has 0 aromatic heterocycles. The first kappa shape index (κ1) is 9.55. The second-order valence-electron chi connectivity index (χ2n) is 1.68. The summed E-state index contributed by atoms with van der Waals surface area (Å²) in [7, 11) is -1.30. The highest BCUT2D eigenvalue weighted by Crippen LogP contribution is 1.88. The Morgan fingerprint density at radius 3 is 2.50 bits per heavy atom. The van der Waals surface area contributed by atoms with Crippen molar-refractivity contribution in [2.45, 2.75) is 6.42 Å². The monoisotopic (exact) mass is 168 g/mol. The molecule has 0 radical (unpaired) electrons. The molecule has 0 spiro atoms. The number of alkyl halides is 1. The van der Waals surface area contributed by atoms with Gasteiger partial charge in [-0.15, -0.1) is 0 Å². The number of carbonyl (C=O) groups is 1. The summed E-state index contributed by atoms with van der Waals surface area (Å²) >= 11 is 0. The summed E-state index contributed by atoms with van der Waals surface area (Å²) in [6, 6.07) is 0. The smallest absolute Gasteiger partial charge is 0.304 e. The lowest BCUT2D eigenvalue weighted by Gasteiger charge is -1.93. The van der Waals surface area contributed by atoms with Crippen LogP contribution in [0.5, 0.6) is 0 Å². The Labute approximate surface area is 60.7 Å². The minimum absolute atomic E-state index is 0.0483. The first-order valence-corrected chi connectivity index (χ1v) is 4.28. The fourth-order valence-corrected chi connectivity index (χ4v) is 1.17. The Morgan fingerprint density at radius 2 is 2.10 bits per heavy atom. The van der Waals surface area contributed by atoms with E-state index >= 15 is 0 Å². The Morgan fingerprint density at radius 1 is 1.50 bits per heavy atom. The standard InChI is InChI=1S/C5H9FO3S/c6-2-4-10(9)3-1-5(7)8/h1-4H2,(H,7,8). The molecule has 0 fully saturated rings. The largest absolute Gasteiger partial charge is 0.481 e. The Bertz CT molecular complexity index is 137. The molecule has 0 amide bonds. The van der Waals surface area contributed by atoms with Crippen molar-refractivity contribution in [3.05, 3.63) is 0 Å². The summed E-state index contributed by atoms with van der Waals surface area (Å²) in [4.78, 5) is 9.88. The molecule has 1 N–H and O–H groups in total. The second kappa shape index (κ2) is 5.34. The van der Waals surface area contributed by atoms with Crippen molar-refractivity contribution in [2.75, 3.05) is 18.2 Å². The molecule has 0 heterocycles. The lowest BCUT2D eigenvalue weighted by molar-refractivity contribution is -0.136. The summed E-state index contributed by atoms with van der Waals surface area (Å²) in [6.45, 7) is -0.647. The predicted octanol–water partition coefficient (Wildman–Crippen LogP) is 0.179. The molecule has 0 saturated heterocycles. The van der Waals surface area contributed by atoms with Crippen LogP contribution in [0.15, 0.2) is 0 Å². The van der Waals surface area contributed by atoms with Crippen LogP contribution in [0.25, 0.3) is 0 Å². The molecular formula is C5H9FO3S. The maximum atomic E-state index is 11.4. The minimum atomic E-state index is -1.30. The van der Waals surface area contributed by atoms with Crippen molar-refractivity contribution >= 4 is 16.8 Å². The van der Waals surface area contributed by atoms with Crippen LogP contribution in [0.4, 0.5) is 4.39 Å². The topological polar surface area (TPSA) is 54.4 Å². The van der Waals surface area contributed by atoms with Gasteiger partial charge in [-0.3, -0.25) is 13.4 Å². The van der Waals surface area contributed by atoms with Crippen molar-refractivity contribution in [3.63, 3.8) is 0 Å². The van der Waals surface area contributed by atoms with E-state index in [0.29, 0.717) is 0 Å². The van der Waals surface area contributed by atoms with Crippen LogP contribution in [-0.2, 0) is 15.6 Å². The second-order valence-corrected chi connectivity index (χ2v) is 3.38. The molecule has 1 unspecified atom stereocenters. The van der Waals surface area contributed by atoms with Gasteiger partial charge >= 0.3 is 5.97 Å².